The van der Waals surface area contributed by atoms with Crippen LogP contribution in [0.3, 0.4) is 0 Å². The molecule has 2 aliphatic heterocycles. The largest absolute Gasteiger partial charge is 0.438 e. The number of rotatable bonds is 1. The van der Waals surface area contributed by atoms with Crippen LogP contribution in [0, 0.1) is 0 Å². The Balaban J connectivity index is 2.13. The zero-order valence-electron chi connectivity index (χ0n) is 7.16. The number of nitrogens with one attached hydrogen (secondary N) is 1. The molecule has 0 saturated carbocycles. The second kappa shape index (κ2) is 3.35. The molecule has 0 bridgehead atoms. The molecule has 0 spiro atoms. The van der Waals surface area contributed by atoms with Gasteiger partial charge in [0.15, 0.2) is 12.3 Å². The van der Waals surface area contributed by atoms with Gasteiger partial charge in [0.2, 0.25) is 0 Å². The van der Waals surface area contributed by atoms with Crippen molar-refractivity contribution in [1.82, 2.24) is 5.32 Å². The van der Waals surface area contributed by atoms with Crippen LogP contribution < -0.4 is 5.32 Å². The lowest BCUT2D eigenvalue weighted by Gasteiger charge is -2.36. The summed E-state index contributed by atoms with van der Waals surface area (Å²) in [7, 11) is 0. The van der Waals surface area contributed by atoms with Gasteiger partial charge in [-0.15, -0.1) is 0 Å². The van der Waals surface area contributed by atoms with Gasteiger partial charge < -0.3 is 24.8 Å². The van der Waals surface area contributed by atoms with Crippen LogP contribution in [0.1, 0.15) is 0 Å². The Labute approximate surface area is 79.2 Å². The lowest BCUT2D eigenvalue weighted by Crippen LogP contribution is -2.59. The summed E-state index contributed by atoms with van der Waals surface area (Å²) in [6.45, 7) is -0.433. The lowest BCUT2D eigenvalue weighted by atomic mass is 9.99. The van der Waals surface area contributed by atoms with Crippen molar-refractivity contribution < 1.29 is 29.6 Å². The molecule has 0 radical (unpaired) electrons. The van der Waals surface area contributed by atoms with Gasteiger partial charge in [-0.3, -0.25) is 5.32 Å². The van der Waals surface area contributed by atoms with Gasteiger partial charge in [0.1, 0.15) is 18.3 Å². The third-order valence-corrected chi connectivity index (χ3v) is 2.37. The van der Waals surface area contributed by atoms with Gasteiger partial charge in [0.25, 0.3) is 0 Å². The fourth-order valence-corrected chi connectivity index (χ4v) is 1.61. The van der Waals surface area contributed by atoms with Crippen LogP contribution in [0.25, 0.3) is 0 Å². The van der Waals surface area contributed by atoms with E-state index in [0.717, 1.165) is 0 Å². The molecule has 2 aliphatic rings. The van der Waals surface area contributed by atoms with Crippen molar-refractivity contribution in [3.8, 4) is 0 Å². The second-order valence-corrected chi connectivity index (χ2v) is 3.27. The maximum absolute atomic E-state index is 10.8. The molecule has 0 unspecified atom stereocenters. The molecule has 7 nitrogen and oxygen atoms in total. The summed E-state index contributed by atoms with van der Waals surface area (Å²) >= 11 is 0. The standard InChI is InChI=1S/C7H11NO6/c9-1-2-3(10)4(11)5-6(13-2)8-7(12)14-5/h2-6,9-11H,1H2,(H,8,12)/t2-,3+,4+,5+,6-/m1/s1. The molecule has 0 aliphatic carbocycles. The number of fused-ring (bicyclic) bond motifs is 1. The number of carbonyl (C=O) groups excluding carboxylic acids is 1. The first kappa shape index (κ1) is 9.66. The molecule has 1 amide bonds. The number of hydrogen-bond acceptors (Lipinski definition) is 6. The quantitative estimate of drug-likeness (QED) is 0.378. The molecule has 80 valence electrons. The molecule has 0 aromatic heterocycles. The SMILES string of the molecule is O=C1N[C@@H]2O[C@H](CO)[C@H](O)[C@H](O)[C@@H]2O1. The van der Waals surface area contributed by atoms with Crippen molar-refractivity contribution >= 4 is 6.09 Å². The average molecular weight is 205 g/mol. The summed E-state index contributed by atoms with van der Waals surface area (Å²) in [6, 6.07) is 0. The van der Waals surface area contributed by atoms with Crippen molar-refractivity contribution in [3.63, 3.8) is 0 Å². The molecule has 7 heteroatoms. The highest BCUT2D eigenvalue weighted by atomic mass is 16.6. The predicted molar refractivity (Wildman–Crippen MR) is 41.2 cm³/mol. The van der Waals surface area contributed by atoms with E-state index in [0.29, 0.717) is 0 Å². The highest BCUT2D eigenvalue weighted by molar-refractivity contribution is 5.70. The van der Waals surface area contributed by atoms with Crippen molar-refractivity contribution in [3.05, 3.63) is 0 Å². The van der Waals surface area contributed by atoms with E-state index in [9.17, 15) is 15.0 Å². The minimum atomic E-state index is -1.26. The Morgan fingerprint density at radius 1 is 1.36 bits per heavy atom. The Hall–Kier alpha value is -0.890. The van der Waals surface area contributed by atoms with E-state index in [2.05, 4.69) is 10.1 Å². The molecular weight excluding hydrogens is 194 g/mol. The normalized spacial score (nSPS) is 46.8. The number of amides is 1. The summed E-state index contributed by atoms with van der Waals surface area (Å²) < 4.78 is 9.77. The third-order valence-electron chi connectivity index (χ3n) is 2.37. The average Bonchev–Trinajstić information content (AvgIpc) is 2.52. The monoisotopic (exact) mass is 205 g/mol. The first-order chi connectivity index (χ1) is 6.63. The molecule has 2 heterocycles. The molecule has 2 rings (SSSR count). The van der Waals surface area contributed by atoms with Gasteiger partial charge in [-0.25, -0.2) is 4.79 Å². The van der Waals surface area contributed by atoms with Crippen molar-refractivity contribution in [2.45, 2.75) is 30.6 Å². The van der Waals surface area contributed by atoms with Crippen LogP contribution in [0.15, 0.2) is 0 Å². The highest BCUT2D eigenvalue weighted by Crippen LogP contribution is 2.25. The Morgan fingerprint density at radius 2 is 2.07 bits per heavy atom. The van der Waals surface area contributed by atoms with E-state index in [1.807, 2.05) is 0 Å². The van der Waals surface area contributed by atoms with Gasteiger partial charge in [0, 0.05) is 0 Å². The van der Waals surface area contributed by atoms with Gasteiger partial charge in [-0.1, -0.05) is 0 Å². The van der Waals surface area contributed by atoms with E-state index in [1.165, 1.54) is 0 Å². The molecule has 2 fully saturated rings. The summed E-state index contributed by atoms with van der Waals surface area (Å²) in [4.78, 5) is 10.8. The minimum absolute atomic E-state index is 0.433. The minimum Gasteiger partial charge on any atom is -0.438 e. The fraction of sp³-hybridized carbons (Fsp3) is 0.857. The van der Waals surface area contributed by atoms with Gasteiger partial charge in [-0.2, -0.15) is 0 Å². The molecule has 14 heavy (non-hydrogen) atoms. The predicted octanol–water partition coefficient (Wildman–Crippen LogP) is -2.47. The first-order valence-corrected chi connectivity index (χ1v) is 4.23. The van der Waals surface area contributed by atoms with E-state index in [4.69, 9.17) is 9.84 Å². The van der Waals surface area contributed by atoms with Crippen LogP contribution in [0.5, 0.6) is 0 Å². The lowest BCUT2D eigenvalue weighted by molar-refractivity contribution is -0.215. The summed E-state index contributed by atoms with van der Waals surface area (Å²) in [5.41, 5.74) is 0. The molecule has 5 atom stereocenters. The fourth-order valence-electron chi connectivity index (χ4n) is 1.61. The summed E-state index contributed by atoms with van der Waals surface area (Å²) in [5, 5.41) is 30.0. The van der Waals surface area contributed by atoms with E-state index < -0.39 is 43.3 Å². The van der Waals surface area contributed by atoms with Crippen LogP contribution >= 0.6 is 0 Å². The number of carbonyl (C=O) groups is 1. The van der Waals surface area contributed by atoms with Crippen molar-refractivity contribution in [1.29, 1.82) is 0 Å². The summed E-state index contributed by atoms with van der Waals surface area (Å²) in [5.74, 6) is 0. The van der Waals surface area contributed by atoms with Crippen LogP contribution in [-0.2, 0) is 9.47 Å². The van der Waals surface area contributed by atoms with E-state index in [1.54, 1.807) is 0 Å². The molecular formula is C7H11NO6. The maximum atomic E-state index is 10.8. The van der Waals surface area contributed by atoms with Crippen LogP contribution in [-0.4, -0.2) is 58.7 Å². The Bertz CT molecular complexity index is 246. The van der Waals surface area contributed by atoms with Gasteiger partial charge in [-0.05, 0) is 0 Å². The number of hydrogen-bond donors (Lipinski definition) is 4. The third kappa shape index (κ3) is 1.34. The number of alkyl carbamates (subject to hydrolysis) is 1. The molecule has 0 aromatic rings. The van der Waals surface area contributed by atoms with Crippen LogP contribution in [0.2, 0.25) is 0 Å². The molecule has 4 N–H and O–H groups in total. The second-order valence-electron chi connectivity index (χ2n) is 3.27. The number of aliphatic hydroxyl groups excluding tert-OH is 3. The Morgan fingerprint density at radius 3 is 2.71 bits per heavy atom. The Kier molecular flexibility index (Phi) is 2.31. The first-order valence-electron chi connectivity index (χ1n) is 4.23. The zero-order chi connectivity index (χ0) is 10.3. The van der Waals surface area contributed by atoms with Crippen LogP contribution in [0.4, 0.5) is 4.79 Å². The number of aliphatic hydroxyl groups is 3. The van der Waals surface area contributed by atoms with E-state index >= 15 is 0 Å². The smallest absolute Gasteiger partial charge is 0.409 e. The maximum Gasteiger partial charge on any atom is 0.409 e. The van der Waals surface area contributed by atoms with Crippen molar-refractivity contribution in [2.75, 3.05) is 6.61 Å². The molecule has 2 saturated heterocycles. The topological polar surface area (TPSA) is 108 Å². The highest BCUT2D eigenvalue weighted by Gasteiger charge is 2.50. The molecule has 0 aromatic carbocycles. The van der Waals surface area contributed by atoms with Gasteiger partial charge >= 0.3 is 6.09 Å². The van der Waals surface area contributed by atoms with Gasteiger partial charge in [0.05, 0.1) is 6.61 Å². The van der Waals surface area contributed by atoms with E-state index in [-0.39, 0.29) is 0 Å². The summed E-state index contributed by atoms with van der Waals surface area (Å²) in [6.07, 6.45) is -5.84. The number of ether oxygens (including phenoxy) is 2. The zero-order valence-corrected chi connectivity index (χ0v) is 7.16. The van der Waals surface area contributed by atoms with Crippen molar-refractivity contribution in [2.24, 2.45) is 0 Å².